The molecule has 0 saturated carbocycles. The van der Waals surface area contributed by atoms with Crippen LogP contribution >= 0.6 is 0 Å². The summed E-state index contributed by atoms with van der Waals surface area (Å²) >= 11 is 0. The van der Waals surface area contributed by atoms with Crippen molar-refractivity contribution in [3.8, 4) is 0 Å². The van der Waals surface area contributed by atoms with Crippen LogP contribution < -0.4 is 5.32 Å². The van der Waals surface area contributed by atoms with E-state index in [1.807, 2.05) is 76.2 Å². The largest absolute Gasteiger partial charge is 0.438 e. The van der Waals surface area contributed by atoms with Crippen molar-refractivity contribution in [1.82, 2.24) is 0 Å². The molecule has 0 aromatic heterocycles. The lowest BCUT2D eigenvalue weighted by Crippen LogP contribution is -2.28. The molecule has 0 spiro atoms. The van der Waals surface area contributed by atoms with Crippen LogP contribution in [0.1, 0.15) is 37.5 Å². The maximum atomic E-state index is 12.2. The lowest BCUT2D eigenvalue weighted by Gasteiger charge is -2.26. The number of benzene rings is 2. The van der Waals surface area contributed by atoms with Crippen molar-refractivity contribution in [2.45, 2.75) is 33.3 Å². The van der Waals surface area contributed by atoms with Gasteiger partial charge in [0.2, 0.25) is 0 Å². The molecule has 0 saturated heterocycles. The zero-order chi connectivity index (χ0) is 17.0. The second-order valence-electron chi connectivity index (χ2n) is 6.25. The topological polar surface area (TPSA) is 38.3 Å². The molecule has 0 aliphatic heterocycles. The van der Waals surface area contributed by atoms with Gasteiger partial charge >= 0.3 is 6.09 Å². The summed E-state index contributed by atoms with van der Waals surface area (Å²) in [5.41, 5.74) is 4.06. The number of amides is 1. The molecule has 0 fully saturated rings. The van der Waals surface area contributed by atoms with E-state index in [1.54, 1.807) is 0 Å². The van der Waals surface area contributed by atoms with Crippen molar-refractivity contribution in [1.29, 1.82) is 0 Å². The number of ether oxygens (including phenoxy) is 1. The van der Waals surface area contributed by atoms with Crippen LogP contribution in [0.4, 0.5) is 10.5 Å². The average Bonchev–Trinajstić information content (AvgIpc) is 2.49. The molecular weight excluding hydrogens is 286 g/mol. The lowest BCUT2D eigenvalue weighted by molar-refractivity contribution is 0.0466. The monoisotopic (exact) mass is 309 g/mol. The molecule has 23 heavy (non-hydrogen) atoms. The molecule has 0 aliphatic carbocycles. The van der Waals surface area contributed by atoms with E-state index in [2.05, 4.69) is 11.9 Å². The summed E-state index contributed by atoms with van der Waals surface area (Å²) in [7, 11) is 0. The molecule has 0 atom stereocenters. The van der Waals surface area contributed by atoms with Gasteiger partial charge < -0.3 is 4.74 Å². The molecule has 2 aromatic rings. The number of allylic oxidation sites excluding steroid dienone is 1. The van der Waals surface area contributed by atoms with Gasteiger partial charge in [-0.15, -0.1) is 0 Å². The summed E-state index contributed by atoms with van der Waals surface area (Å²) in [6.07, 6.45) is -0.473. The van der Waals surface area contributed by atoms with Gasteiger partial charge in [-0.25, -0.2) is 4.79 Å². The first-order valence-corrected chi connectivity index (χ1v) is 7.61. The van der Waals surface area contributed by atoms with E-state index in [0.717, 1.165) is 22.3 Å². The molecule has 120 valence electrons. The Bertz CT molecular complexity index is 715. The van der Waals surface area contributed by atoms with Gasteiger partial charge in [0.25, 0.3) is 0 Å². The molecule has 2 rings (SSSR count). The SMILES string of the molecule is C=C(C)c1cccc(C(C)(C)OC(=O)Nc2ccc(C)cc2)c1. The fraction of sp³-hybridized carbons (Fsp3) is 0.250. The highest BCUT2D eigenvalue weighted by Crippen LogP contribution is 2.27. The van der Waals surface area contributed by atoms with Crippen LogP contribution in [0.15, 0.2) is 55.1 Å². The third kappa shape index (κ3) is 4.46. The fourth-order valence-corrected chi connectivity index (χ4v) is 2.23. The first-order chi connectivity index (χ1) is 10.8. The van der Waals surface area contributed by atoms with Crippen LogP contribution in [0.3, 0.4) is 0 Å². The first kappa shape index (κ1) is 16.8. The van der Waals surface area contributed by atoms with E-state index >= 15 is 0 Å². The van der Waals surface area contributed by atoms with Gasteiger partial charge in [-0.3, -0.25) is 5.32 Å². The fourth-order valence-electron chi connectivity index (χ4n) is 2.23. The van der Waals surface area contributed by atoms with Gasteiger partial charge in [0, 0.05) is 5.69 Å². The molecular formula is C20H23NO2. The summed E-state index contributed by atoms with van der Waals surface area (Å²) in [5, 5.41) is 2.75. The van der Waals surface area contributed by atoms with Gasteiger partial charge in [0.1, 0.15) is 5.60 Å². The minimum Gasteiger partial charge on any atom is -0.438 e. The van der Waals surface area contributed by atoms with Crippen LogP contribution in [0.2, 0.25) is 0 Å². The minimum absolute atomic E-state index is 0.473. The number of hydrogen-bond donors (Lipinski definition) is 1. The molecule has 2 aromatic carbocycles. The van der Waals surface area contributed by atoms with Gasteiger partial charge in [0.05, 0.1) is 0 Å². The maximum Gasteiger partial charge on any atom is 0.412 e. The van der Waals surface area contributed by atoms with E-state index in [1.165, 1.54) is 0 Å². The predicted molar refractivity (Wildman–Crippen MR) is 95.5 cm³/mol. The van der Waals surface area contributed by atoms with E-state index in [-0.39, 0.29) is 0 Å². The van der Waals surface area contributed by atoms with Gasteiger partial charge in [0.15, 0.2) is 0 Å². The van der Waals surface area contributed by atoms with Gasteiger partial charge in [-0.2, -0.15) is 0 Å². The van der Waals surface area contributed by atoms with Crippen molar-refractivity contribution in [2.75, 3.05) is 5.32 Å². The van der Waals surface area contributed by atoms with Crippen molar-refractivity contribution in [2.24, 2.45) is 0 Å². The average molecular weight is 309 g/mol. The molecule has 0 heterocycles. The standard InChI is InChI=1S/C20H23NO2/c1-14(2)16-7-6-8-17(13-16)20(4,5)23-19(22)21-18-11-9-15(3)10-12-18/h6-13H,1H2,2-5H3,(H,21,22). The highest BCUT2D eigenvalue weighted by atomic mass is 16.6. The molecule has 0 unspecified atom stereocenters. The molecule has 3 nitrogen and oxygen atoms in total. The van der Waals surface area contributed by atoms with E-state index < -0.39 is 11.7 Å². The highest BCUT2D eigenvalue weighted by Gasteiger charge is 2.25. The molecule has 1 N–H and O–H groups in total. The number of hydrogen-bond acceptors (Lipinski definition) is 2. The Morgan fingerprint density at radius 1 is 1.13 bits per heavy atom. The Balaban J connectivity index is 2.10. The van der Waals surface area contributed by atoms with Gasteiger partial charge in [-0.05, 0) is 57.0 Å². The Morgan fingerprint density at radius 2 is 1.78 bits per heavy atom. The van der Waals surface area contributed by atoms with Crippen molar-refractivity contribution in [3.05, 3.63) is 71.8 Å². The maximum absolute atomic E-state index is 12.2. The van der Waals surface area contributed by atoms with E-state index in [4.69, 9.17) is 4.74 Å². The number of nitrogens with one attached hydrogen (secondary N) is 1. The molecule has 0 bridgehead atoms. The van der Waals surface area contributed by atoms with Crippen LogP contribution in [-0.4, -0.2) is 6.09 Å². The summed E-state index contributed by atoms with van der Waals surface area (Å²) in [6.45, 7) is 11.7. The van der Waals surface area contributed by atoms with Crippen LogP contribution in [0.25, 0.3) is 5.57 Å². The number of carbonyl (C=O) groups is 1. The Labute approximate surface area is 138 Å². The predicted octanol–water partition coefficient (Wildman–Crippen LogP) is 5.51. The highest BCUT2D eigenvalue weighted by molar-refractivity contribution is 5.85. The Hall–Kier alpha value is -2.55. The van der Waals surface area contributed by atoms with Crippen LogP contribution in [0.5, 0.6) is 0 Å². The van der Waals surface area contributed by atoms with E-state index in [0.29, 0.717) is 5.69 Å². The minimum atomic E-state index is -0.736. The zero-order valence-electron chi connectivity index (χ0n) is 14.1. The zero-order valence-corrected chi connectivity index (χ0v) is 14.1. The Morgan fingerprint density at radius 3 is 2.39 bits per heavy atom. The second-order valence-corrected chi connectivity index (χ2v) is 6.25. The summed E-state index contributed by atoms with van der Waals surface area (Å²) < 4.78 is 5.61. The molecule has 0 aliphatic rings. The molecule has 3 heteroatoms. The summed E-state index contributed by atoms with van der Waals surface area (Å²) in [4.78, 5) is 12.2. The van der Waals surface area contributed by atoms with Crippen LogP contribution in [0, 0.1) is 6.92 Å². The second kappa shape index (κ2) is 6.69. The number of anilines is 1. The third-order valence-electron chi connectivity index (χ3n) is 3.70. The van der Waals surface area contributed by atoms with E-state index in [9.17, 15) is 4.79 Å². The Kier molecular flexibility index (Phi) is 4.89. The first-order valence-electron chi connectivity index (χ1n) is 7.61. The quantitative estimate of drug-likeness (QED) is 0.808. The van der Waals surface area contributed by atoms with Gasteiger partial charge in [-0.1, -0.05) is 48.0 Å². The summed E-state index contributed by atoms with van der Waals surface area (Å²) in [6, 6.07) is 15.5. The summed E-state index contributed by atoms with van der Waals surface area (Å²) in [5.74, 6) is 0. The normalized spacial score (nSPS) is 11.0. The van der Waals surface area contributed by atoms with Crippen LogP contribution in [-0.2, 0) is 10.3 Å². The van der Waals surface area contributed by atoms with Crippen molar-refractivity contribution in [3.63, 3.8) is 0 Å². The van der Waals surface area contributed by atoms with Crippen molar-refractivity contribution < 1.29 is 9.53 Å². The molecule has 1 amide bonds. The van der Waals surface area contributed by atoms with Crippen molar-refractivity contribution >= 4 is 17.4 Å². The third-order valence-corrected chi connectivity index (χ3v) is 3.70. The lowest BCUT2D eigenvalue weighted by atomic mass is 9.94. The smallest absolute Gasteiger partial charge is 0.412 e. The number of rotatable bonds is 4. The number of aryl methyl sites for hydroxylation is 1. The number of carbonyl (C=O) groups excluding carboxylic acids is 1. The molecule has 0 radical (unpaired) electrons.